The van der Waals surface area contributed by atoms with Crippen molar-refractivity contribution < 1.29 is 9.85 Å². The second-order valence-electron chi connectivity index (χ2n) is 7.44. The first-order valence-electron chi connectivity index (χ1n) is 9.21. The molecule has 0 radical (unpaired) electrons. The second-order valence-corrected chi connectivity index (χ2v) is 7.44. The topological polar surface area (TPSA) is 110 Å². The van der Waals surface area contributed by atoms with Crippen LogP contribution in [-0.4, -0.2) is 47.1 Å². The minimum Gasteiger partial charge on any atom is -0.309 e. The van der Waals surface area contributed by atoms with Crippen molar-refractivity contribution in [2.45, 2.75) is 75.3 Å². The Bertz CT molecular complexity index is 392. The maximum Gasteiger partial charge on any atom is 0.234 e. The van der Waals surface area contributed by atoms with E-state index in [0.717, 1.165) is 38.5 Å². The van der Waals surface area contributed by atoms with E-state index in [1.165, 1.54) is 0 Å². The first-order valence-corrected chi connectivity index (χ1v) is 9.21. The minimum absolute atomic E-state index is 0.115. The Morgan fingerprint density at radius 1 is 0.667 bits per heavy atom. The van der Waals surface area contributed by atoms with Crippen LogP contribution in [0.15, 0.2) is 0 Å². The van der Waals surface area contributed by atoms with Gasteiger partial charge >= 0.3 is 0 Å². The molecule has 2 N–H and O–H groups in total. The van der Waals surface area contributed by atoms with E-state index < -0.39 is 11.1 Å². The lowest BCUT2D eigenvalue weighted by Gasteiger charge is -2.30. The molecule has 0 aliphatic heterocycles. The number of nitro groups is 2. The van der Waals surface area contributed by atoms with Crippen LogP contribution in [0, 0.1) is 20.2 Å². The molecule has 0 bridgehead atoms. The highest BCUT2D eigenvalue weighted by atomic mass is 16.6. The number of nitrogens with zero attached hydrogens (tertiary/aromatic N) is 2. The van der Waals surface area contributed by atoms with Gasteiger partial charge in [-0.1, -0.05) is 12.8 Å². The number of rotatable bonds is 9. The summed E-state index contributed by atoms with van der Waals surface area (Å²) in [7, 11) is 0. The van der Waals surface area contributed by atoms with E-state index in [1.54, 1.807) is 0 Å². The van der Waals surface area contributed by atoms with E-state index in [-0.39, 0.29) is 9.85 Å². The number of nitrogens with one attached hydrogen (secondary N) is 2. The first kappa shape index (κ1) is 19.1. The summed E-state index contributed by atoms with van der Waals surface area (Å²) < 4.78 is 0. The third kappa shape index (κ3) is 4.63. The number of hydrogen-bond acceptors (Lipinski definition) is 6. The summed E-state index contributed by atoms with van der Waals surface area (Å²) in [5.41, 5.74) is -1.63. The van der Waals surface area contributed by atoms with Crippen LogP contribution in [0.2, 0.25) is 0 Å². The van der Waals surface area contributed by atoms with Crippen LogP contribution < -0.4 is 10.6 Å². The van der Waals surface area contributed by atoms with Gasteiger partial charge in [0.2, 0.25) is 11.1 Å². The van der Waals surface area contributed by atoms with Crippen LogP contribution in [0.1, 0.15) is 64.2 Å². The molecule has 8 nitrogen and oxygen atoms in total. The van der Waals surface area contributed by atoms with Crippen LogP contribution >= 0.6 is 0 Å². The molecule has 24 heavy (non-hydrogen) atoms. The minimum atomic E-state index is -0.816. The Kier molecular flexibility index (Phi) is 6.91. The van der Waals surface area contributed by atoms with Crippen LogP contribution in [0.4, 0.5) is 0 Å². The van der Waals surface area contributed by atoms with Gasteiger partial charge in [-0.3, -0.25) is 20.2 Å². The molecule has 0 aromatic heterocycles. The fourth-order valence-electron chi connectivity index (χ4n) is 4.09. The van der Waals surface area contributed by atoms with Crippen LogP contribution in [0.3, 0.4) is 0 Å². The van der Waals surface area contributed by atoms with Crippen molar-refractivity contribution in [2.24, 2.45) is 0 Å². The molecule has 0 aromatic rings. The summed E-state index contributed by atoms with van der Waals surface area (Å²) in [6.07, 6.45) is 8.43. The normalized spacial score (nSPS) is 22.8. The van der Waals surface area contributed by atoms with Gasteiger partial charge in [0.25, 0.3) is 0 Å². The first-order chi connectivity index (χ1) is 11.5. The molecule has 8 heteroatoms. The van der Waals surface area contributed by atoms with Crippen molar-refractivity contribution in [1.82, 2.24) is 10.6 Å². The Balaban J connectivity index is 1.68. The molecule has 2 aliphatic carbocycles. The highest BCUT2D eigenvalue weighted by Crippen LogP contribution is 2.31. The van der Waals surface area contributed by atoms with Gasteiger partial charge in [0.15, 0.2) is 0 Å². The summed E-state index contributed by atoms with van der Waals surface area (Å²) in [5, 5.41) is 29.2. The molecular formula is C16H30N4O4. The van der Waals surface area contributed by atoms with Crippen molar-refractivity contribution in [3.8, 4) is 0 Å². The molecule has 2 saturated carbocycles. The van der Waals surface area contributed by atoms with Gasteiger partial charge in [0.05, 0.1) is 13.1 Å². The van der Waals surface area contributed by atoms with E-state index in [1.807, 2.05) is 0 Å². The van der Waals surface area contributed by atoms with Gasteiger partial charge in [-0.25, -0.2) is 0 Å². The van der Waals surface area contributed by atoms with Crippen LogP contribution in [0.25, 0.3) is 0 Å². The highest BCUT2D eigenvalue weighted by Gasteiger charge is 2.44. The summed E-state index contributed by atoms with van der Waals surface area (Å²) >= 11 is 0. The lowest BCUT2D eigenvalue weighted by molar-refractivity contribution is -0.573. The molecular weight excluding hydrogens is 312 g/mol. The van der Waals surface area contributed by atoms with Gasteiger partial charge in [-0.15, -0.1) is 0 Å². The van der Waals surface area contributed by atoms with Crippen molar-refractivity contribution in [3.63, 3.8) is 0 Å². The lowest BCUT2D eigenvalue weighted by Crippen LogP contribution is -2.51. The van der Waals surface area contributed by atoms with Gasteiger partial charge in [-0.2, -0.15) is 0 Å². The van der Waals surface area contributed by atoms with Crippen molar-refractivity contribution in [2.75, 3.05) is 26.2 Å². The molecule has 0 amide bonds. The summed E-state index contributed by atoms with van der Waals surface area (Å²) in [4.78, 5) is 22.6. The maximum atomic E-state index is 11.4. The standard InChI is InChI=1S/C16H30N4O4/c21-19(22)15(7-3-1-4-8-15)13-17-11-12-18-14-16(20(23)24)9-5-2-6-10-16/h17-18H,1-14H2. The number of hydrogen-bond donors (Lipinski definition) is 2. The maximum absolute atomic E-state index is 11.4. The van der Waals surface area contributed by atoms with Gasteiger partial charge in [0.1, 0.15) is 0 Å². The molecule has 2 rings (SSSR count). The van der Waals surface area contributed by atoms with E-state index in [9.17, 15) is 20.2 Å². The Labute approximate surface area is 143 Å². The zero-order valence-corrected chi connectivity index (χ0v) is 14.4. The molecule has 2 fully saturated rings. The molecule has 0 spiro atoms. The molecule has 0 aromatic carbocycles. The van der Waals surface area contributed by atoms with Gasteiger partial charge < -0.3 is 10.6 Å². The predicted molar refractivity (Wildman–Crippen MR) is 91.4 cm³/mol. The SMILES string of the molecule is O=[N+]([O-])C1(CNCCNCC2([N+](=O)[O-])CCCCC2)CCCCC1. The summed E-state index contributed by atoms with van der Waals surface area (Å²) in [5.74, 6) is 0. The van der Waals surface area contributed by atoms with Gasteiger partial charge in [-0.05, 0) is 25.7 Å². The molecule has 0 heterocycles. The molecule has 0 atom stereocenters. The predicted octanol–water partition coefficient (Wildman–Crippen LogP) is 2.12. The van der Waals surface area contributed by atoms with Crippen molar-refractivity contribution in [1.29, 1.82) is 0 Å². The zero-order chi connectivity index (χ0) is 17.5. The third-order valence-corrected chi connectivity index (χ3v) is 5.73. The smallest absolute Gasteiger partial charge is 0.234 e. The fourth-order valence-corrected chi connectivity index (χ4v) is 4.09. The second kappa shape index (κ2) is 8.71. The average Bonchev–Trinajstić information content (AvgIpc) is 2.59. The van der Waals surface area contributed by atoms with E-state index in [4.69, 9.17) is 0 Å². The quantitative estimate of drug-likeness (QED) is 0.377. The monoisotopic (exact) mass is 342 g/mol. The molecule has 0 unspecified atom stereocenters. The van der Waals surface area contributed by atoms with Crippen LogP contribution in [-0.2, 0) is 0 Å². The van der Waals surface area contributed by atoms with Crippen molar-refractivity contribution in [3.05, 3.63) is 20.2 Å². The Morgan fingerprint density at radius 2 is 1.00 bits per heavy atom. The average molecular weight is 342 g/mol. The summed E-state index contributed by atoms with van der Waals surface area (Å²) in [6.45, 7) is 1.98. The van der Waals surface area contributed by atoms with Gasteiger partial charge in [0, 0.05) is 48.6 Å². The van der Waals surface area contributed by atoms with Crippen molar-refractivity contribution >= 4 is 0 Å². The molecule has 138 valence electrons. The largest absolute Gasteiger partial charge is 0.309 e. The fraction of sp³-hybridized carbons (Fsp3) is 1.00. The Hall–Kier alpha value is -1.28. The Morgan fingerprint density at radius 3 is 1.29 bits per heavy atom. The lowest BCUT2D eigenvalue weighted by atomic mass is 9.82. The van der Waals surface area contributed by atoms with E-state index in [0.29, 0.717) is 51.9 Å². The molecule has 2 aliphatic rings. The van der Waals surface area contributed by atoms with E-state index in [2.05, 4.69) is 10.6 Å². The molecule has 0 saturated heterocycles. The third-order valence-electron chi connectivity index (χ3n) is 5.73. The summed E-state index contributed by atoms with van der Waals surface area (Å²) in [6, 6.07) is 0. The highest BCUT2D eigenvalue weighted by molar-refractivity contribution is 4.87. The van der Waals surface area contributed by atoms with Crippen LogP contribution in [0.5, 0.6) is 0 Å². The van der Waals surface area contributed by atoms with E-state index >= 15 is 0 Å². The zero-order valence-electron chi connectivity index (χ0n) is 14.4.